The van der Waals surface area contributed by atoms with Crippen molar-refractivity contribution < 1.29 is 19.0 Å². The number of hydrogen-bond donors (Lipinski definition) is 1. The first-order valence-electron chi connectivity index (χ1n) is 6.43. The Bertz CT molecular complexity index is 232. The Balaban J connectivity index is 2.07. The zero-order valence-electron chi connectivity index (χ0n) is 11.3. The third-order valence-electron chi connectivity index (χ3n) is 2.80. The molecule has 0 aromatic rings. The van der Waals surface area contributed by atoms with Crippen LogP contribution < -0.4 is 5.32 Å². The van der Waals surface area contributed by atoms with E-state index in [4.69, 9.17) is 14.2 Å². The molecule has 1 aliphatic heterocycles. The average molecular weight is 260 g/mol. The van der Waals surface area contributed by atoms with Crippen LogP contribution in [0.4, 0.5) is 0 Å². The van der Waals surface area contributed by atoms with E-state index in [1.807, 2.05) is 4.90 Å². The standard InChI is InChI=1S/C12H24N2O4/c1-11(18-10-9-17-8-7-16-2)12(15)14-5-3-13-4-6-14/h11,13H,3-10H2,1-2H3. The number of piperazine rings is 1. The number of rotatable bonds is 8. The van der Waals surface area contributed by atoms with E-state index >= 15 is 0 Å². The number of nitrogens with zero attached hydrogens (tertiary/aromatic N) is 1. The molecule has 1 rings (SSSR count). The van der Waals surface area contributed by atoms with Gasteiger partial charge in [0.1, 0.15) is 6.10 Å². The molecule has 1 amide bonds. The van der Waals surface area contributed by atoms with Crippen molar-refractivity contribution in [3.63, 3.8) is 0 Å². The molecule has 0 spiro atoms. The fourth-order valence-corrected chi connectivity index (χ4v) is 1.74. The molecule has 6 heteroatoms. The van der Waals surface area contributed by atoms with Crippen molar-refractivity contribution in [3.05, 3.63) is 0 Å². The van der Waals surface area contributed by atoms with Crippen molar-refractivity contribution in [2.45, 2.75) is 13.0 Å². The summed E-state index contributed by atoms with van der Waals surface area (Å²) in [5.41, 5.74) is 0. The van der Waals surface area contributed by atoms with Crippen molar-refractivity contribution in [3.8, 4) is 0 Å². The highest BCUT2D eigenvalue weighted by atomic mass is 16.5. The van der Waals surface area contributed by atoms with Crippen LogP contribution in [0.15, 0.2) is 0 Å². The van der Waals surface area contributed by atoms with E-state index in [-0.39, 0.29) is 5.91 Å². The van der Waals surface area contributed by atoms with Gasteiger partial charge in [-0.1, -0.05) is 0 Å². The third-order valence-corrected chi connectivity index (χ3v) is 2.80. The molecule has 0 bridgehead atoms. The molecule has 1 N–H and O–H groups in total. The topological polar surface area (TPSA) is 60.0 Å². The molecule has 1 aliphatic rings. The van der Waals surface area contributed by atoms with Crippen molar-refractivity contribution in [2.75, 3.05) is 59.7 Å². The summed E-state index contributed by atoms with van der Waals surface area (Å²) in [6.07, 6.45) is -0.394. The van der Waals surface area contributed by atoms with Crippen LogP contribution >= 0.6 is 0 Å². The van der Waals surface area contributed by atoms with Crippen LogP contribution in [-0.4, -0.2) is 76.6 Å². The second-order valence-corrected chi connectivity index (χ2v) is 4.19. The largest absolute Gasteiger partial charge is 0.382 e. The van der Waals surface area contributed by atoms with E-state index < -0.39 is 6.10 Å². The first-order valence-corrected chi connectivity index (χ1v) is 6.43. The Morgan fingerprint density at radius 1 is 1.22 bits per heavy atom. The van der Waals surface area contributed by atoms with Gasteiger partial charge in [0, 0.05) is 33.3 Å². The van der Waals surface area contributed by atoms with Gasteiger partial charge in [0.25, 0.3) is 5.91 Å². The summed E-state index contributed by atoms with van der Waals surface area (Å²) < 4.78 is 15.6. The van der Waals surface area contributed by atoms with Crippen LogP contribution in [0.25, 0.3) is 0 Å². The third kappa shape index (κ3) is 5.77. The maximum atomic E-state index is 12.0. The van der Waals surface area contributed by atoms with Gasteiger partial charge in [-0.3, -0.25) is 4.79 Å². The van der Waals surface area contributed by atoms with Gasteiger partial charge in [0.05, 0.1) is 26.4 Å². The summed E-state index contributed by atoms with van der Waals surface area (Å²) in [4.78, 5) is 13.8. The molecule has 1 atom stereocenters. The smallest absolute Gasteiger partial charge is 0.251 e. The van der Waals surface area contributed by atoms with Crippen LogP contribution in [0.1, 0.15) is 6.92 Å². The van der Waals surface area contributed by atoms with Crippen molar-refractivity contribution >= 4 is 5.91 Å². The number of nitrogens with one attached hydrogen (secondary N) is 1. The second-order valence-electron chi connectivity index (χ2n) is 4.19. The number of methoxy groups -OCH3 is 1. The van der Waals surface area contributed by atoms with E-state index in [2.05, 4.69) is 5.32 Å². The summed E-state index contributed by atoms with van der Waals surface area (Å²) >= 11 is 0. The highest BCUT2D eigenvalue weighted by Gasteiger charge is 2.22. The Hall–Kier alpha value is -0.690. The molecule has 0 aliphatic carbocycles. The minimum Gasteiger partial charge on any atom is -0.382 e. The lowest BCUT2D eigenvalue weighted by molar-refractivity contribution is -0.144. The molecule has 1 saturated heterocycles. The zero-order chi connectivity index (χ0) is 13.2. The normalized spacial score (nSPS) is 17.8. The molecule has 0 saturated carbocycles. The van der Waals surface area contributed by atoms with E-state index in [0.717, 1.165) is 26.2 Å². The lowest BCUT2D eigenvalue weighted by Crippen LogP contribution is -2.49. The van der Waals surface area contributed by atoms with Gasteiger partial charge >= 0.3 is 0 Å². The highest BCUT2D eigenvalue weighted by Crippen LogP contribution is 2.01. The molecule has 0 aromatic heterocycles. The summed E-state index contributed by atoms with van der Waals surface area (Å²) in [7, 11) is 1.63. The lowest BCUT2D eigenvalue weighted by Gasteiger charge is -2.29. The SMILES string of the molecule is COCCOCCOC(C)C(=O)N1CCNCC1. The Kier molecular flexibility index (Phi) is 7.91. The number of hydrogen-bond acceptors (Lipinski definition) is 5. The molecule has 1 heterocycles. The summed E-state index contributed by atoms with van der Waals surface area (Å²) in [5, 5.41) is 3.21. The number of ether oxygens (including phenoxy) is 3. The molecule has 106 valence electrons. The van der Waals surface area contributed by atoms with Gasteiger partial charge in [-0.25, -0.2) is 0 Å². The molecule has 0 radical (unpaired) electrons. The van der Waals surface area contributed by atoms with Crippen LogP contribution in [0.2, 0.25) is 0 Å². The summed E-state index contributed by atoms with van der Waals surface area (Å²) in [6.45, 7) is 7.09. The van der Waals surface area contributed by atoms with E-state index in [9.17, 15) is 4.79 Å². The minimum atomic E-state index is -0.394. The summed E-state index contributed by atoms with van der Waals surface area (Å²) in [6, 6.07) is 0. The quantitative estimate of drug-likeness (QED) is 0.595. The van der Waals surface area contributed by atoms with Crippen molar-refractivity contribution in [2.24, 2.45) is 0 Å². The van der Waals surface area contributed by atoms with Crippen molar-refractivity contribution in [1.82, 2.24) is 10.2 Å². The molecule has 1 unspecified atom stereocenters. The van der Waals surface area contributed by atoms with E-state index in [1.54, 1.807) is 14.0 Å². The second kappa shape index (κ2) is 9.27. The van der Waals surface area contributed by atoms with Crippen LogP contribution in [0.5, 0.6) is 0 Å². The Labute approximate surface area is 109 Å². The fourth-order valence-electron chi connectivity index (χ4n) is 1.74. The fraction of sp³-hybridized carbons (Fsp3) is 0.917. The van der Waals surface area contributed by atoms with Gasteiger partial charge in [-0.05, 0) is 6.92 Å². The number of amides is 1. The maximum absolute atomic E-state index is 12.0. The van der Waals surface area contributed by atoms with Gasteiger partial charge in [-0.2, -0.15) is 0 Å². The highest BCUT2D eigenvalue weighted by molar-refractivity contribution is 5.80. The molecule has 1 fully saturated rings. The number of carbonyl (C=O) groups is 1. The van der Waals surface area contributed by atoms with Gasteiger partial charge < -0.3 is 24.4 Å². The monoisotopic (exact) mass is 260 g/mol. The first-order chi connectivity index (χ1) is 8.75. The summed E-state index contributed by atoms with van der Waals surface area (Å²) in [5.74, 6) is 0.0633. The lowest BCUT2D eigenvalue weighted by atomic mass is 10.3. The predicted molar refractivity (Wildman–Crippen MR) is 67.6 cm³/mol. The van der Waals surface area contributed by atoms with Gasteiger partial charge in [0.2, 0.25) is 0 Å². The predicted octanol–water partition coefficient (Wildman–Crippen LogP) is -0.514. The van der Waals surface area contributed by atoms with Crippen LogP contribution in [-0.2, 0) is 19.0 Å². The average Bonchev–Trinajstić information content (AvgIpc) is 2.42. The zero-order valence-corrected chi connectivity index (χ0v) is 11.3. The number of carbonyl (C=O) groups excluding carboxylic acids is 1. The van der Waals surface area contributed by atoms with Crippen molar-refractivity contribution in [1.29, 1.82) is 0 Å². The van der Waals surface area contributed by atoms with Crippen LogP contribution in [0.3, 0.4) is 0 Å². The molecular formula is C12H24N2O4. The molecular weight excluding hydrogens is 236 g/mol. The van der Waals surface area contributed by atoms with E-state index in [0.29, 0.717) is 26.4 Å². The Morgan fingerprint density at radius 3 is 2.56 bits per heavy atom. The minimum absolute atomic E-state index is 0.0633. The molecule has 0 aromatic carbocycles. The van der Waals surface area contributed by atoms with Crippen LogP contribution in [0, 0.1) is 0 Å². The van der Waals surface area contributed by atoms with Gasteiger partial charge in [0.15, 0.2) is 0 Å². The molecule has 18 heavy (non-hydrogen) atoms. The van der Waals surface area contributed by atoms with Gasteiger partial charge in [-0.15, -0.1) is 0 Å². The Morgan fingerprint density at radius 2 is 1.89 bits per heavy atom. The molecule has 6 nitrogen and oxygen atoms in total. The maximum Gasteiger partial charge on any atom is 0.251 e. The van der Waals surface area contributed by atoms with E-state index in [1.165, 1.54) is 0 Å². The first kappa shape index (κ1) is 15.4.